The lowest BCUT2D eigenvalue weighted by molar-refractivity contribution is 0.114. The largest absolute Gasteiger partial charge is 0.427 e. The lowest BCUT2D eigenvalue weighted by atomic mass is 9.97. The van der Waals surface area contributed by atoms with Gasteiger partial charge in [0.2, 0.25) is 0 Å². The van der Waals surface area contributed by atoms with Crippen LogP contribution in [0, 0.1) is 11.8 Å². The molecule has 5 rings (SSSR count). The molecule has 2 aromatic rings. The molecule has 0 radical (unpaired) electrons. The first-order valence-corrected chi connectivity index (χ1v) is 11.8. The number of imidazole rings is 1. The molecule has 1 aromatic heterocycles. The highest BCUT2D eigenvalue weighted by molar-refractivity contribution is 8.00. The summed E-state index contributed by atoms with van der Waals surface area (Å²) in [5, 5.41) is 1.62. The fourth-order valence-electron chi connectivity index (χ4n) is 4.35. The molecule has 2 fully saturated rings. The highest BCUT2D eigenvalue weighted by Gasteiger charge is 2.47. The number of benzene rings is 1. The van der Waals surface area contributed by atoms with Crippen molar-refractivity contribution in [1.29, 1.82) is 0 Å². The van der Waals surface area contributed by atoms with Crippen LogP contribution in [0.3, 0.4) is 0 Å². The molecule has 7 heteroatoms. The first-order chi connectivity index (χ1) is 15.0. The van der Waals surface area contributed by atoms with Crippen LogP contribution in [-0.4, -0.2) is 27.1 Å². The fourth-order valence-corrected chi connectivity index (χ4v) is 5.48. The third-order valence-corrected chi connectivity index (χ3v) is 7.65. The topological polar surface area (TPSA) is 68.2 Å². The van der Waals surface area contributed by atoms with Gasteiger partial charge >= 0.3 is 6.09 Å². The second-order valence-electron chi connectivity index (χ2n) is 8.84. The van der Waals surface area contributed by atoms with E-state index >= 15 is 0 Å². The molecule has 4 atom stereocenters. The molecule has 2 heterocycles. The number of ether oxygens (including phenoxy) is 1. The molecule has 2 unspecified atom stereocenters. The summed E-state index contributed by atoms with van der Waals surface area (Å²) in [6.07, 6.45) is 10.3. The van der Waals surface area contributed by atoms with Crippen molar-refractivity contribution in [2.75, 3.05) is 0 Å². The average molecular weight is 437 g/mol. The average Bonchev–Trinajstić information content (AvgIpc) is 3.33. The van der Waals surface area contributed by atoms with E-state index in [1.165, 1.54) is 16.2 Å². The van der Waals surface area contributed by atoms with Crippen molar-refractivity contribution in [3.8, 4) is 11.3 Å². The zero-order valence-electron chi connectivity index (χ0n) is 18.0. The second-order valence-corrected chi connectivity index (χ2v) is 10.1. The number of hydrogen-bond donors (Lipinski definition) is 2. The lowest BCUT2D eigenvalue weighted by Gasteiger charge is -2.18. The normalized spacial score (nSPS) is 27.2. The summed E-state index contributed by atoms with van der Waals surface area (Å²) in [6, 6.07) is 8.70. The van der Waals surface area contributed by atoms with Gasteiger partial charge < -0.3 is 9.30 Å². The van der Waals surface area contributed by atoms with E-state index in [2.05, 4.69) is 78.8 Å². The summed E-state index contributed by atoms with van der Waals surface area (Å²) in [6.45, 7) is 4.48. The minimum absolute atomic E-state index is 0.232. The molecule has 0 bridgehead atoms. The summed E-state index contributed by atoms with van der Waals surface area (Å²) in [7, 11) is 2.06. The first kappa shape index (κ1) is 20.4. The number of nitrogens with zero attached hydrogens (tertiary/aromatic N) is 2. The van der Waals surface area contributed by atoms with Gasteiger partial charge in [0.25, 0.3) is 0 Å². The standard InChI is InChI=1S/C24H28N4O2S/c1-14(2)15-8-10-18(11-9-15)31-23-21(25-13-28(23)3)17-6-4-16(5-7-17)19-12-20(19)22-26-27-24(29)30-22/h4-10,13-14,18-20,22,26H,11-12H2,1-3H3,(H,27,29)/t18?,19-,20+,22?/m1/s1. The van der Waals surface area contributed by atoms with Crippen molar-refractivity contribution in [2.45, 2.75) is 49.1 Å². The van der Waals surface area contributed by atoms with Crippen LogP contribution in [0.2, 0.25) is 0 Å². The Morgan fingerprint density at radius 2 is 2.06 bits per heavy atom. The maximum Gasteiger partial charge on any atom is 0.423 e. The molecule has 2 N–H and O–H groups in total. The predicted molar refractivity (Wildman–Crippen MR) is 122 cm³/mol. The van der Waals surface area contributed by atoms with Gasteiger partial charge in [-0.2, -0.15) is 5.43 Å². The highest BCUT2D eigenvalue weighted by atomic mass is 32.2. The number of carbonyl (C=O) groups is 1. The molecule has 1 aliphatic heterocycles. The molecule has 1 saturated carbocycles. The highest BCUT2D eigenvalue weighted by Crippen LogP contribution is 2.50. The molecule has 6 nitrogen and oxygen atoms in total. The Morgan fingerprint density at radius 1 is 1.26 bits per heavy atom. The van der Waals surface area contributed by atoms with Crippen LogP contribution in [0.1, 0.15) is 38.2 Å². The monoisotopic (exact) mass is 436 g/mol. The molecule has 31 heavy (non-hydrogen) atoms. The lowest BCUT2D eigenvalue weighted by Crippen LogP contribution is -2.32. The summed E-state index contributed by atoms with van der Waals surface area (Å²) < 4.78 is 7.37. The Hall–Kier alpha value is -2.51. The molecular formula is C24H28N4O2S. The summed E-state index contributed by atoms with van der Waals surface area (Å²) in [4.78, 5) is 15.9. The number of hydrogen-bond acceptors (Lipinski definition) is 5. The van der Waals surface area contributed by atoms with E-state index in [0.29, 0.717) is 23.0 Å². The fraction of sp³-hybridized carbons (Fsp3) is 0.417. The number of allylic oxidation sites excluding steroid dienone is 3. The SMILES string of the molecule is CC(C)C1=CCC(Sc2c(-c3ccc([C@H]4C[C@@H]4C4NNC(=O)O4)cc3)ncn2C)C=C1. The van der Waals surface area contributed by atoms with E-state index in [-0.39, 0.29) is 6.23 Å². The molecule has 1 saturated heterocycles. The number of aromatic nitrogens is 2. The zero-order chi connectivity index (χ0) is 21.5. The first-order valence-electron chi connectivity index (χ1n) is 10.9. The quantitative estimate of drug-likeness (QED) is 0.683. The van der Waals surface area contributed by atoms with Gasteiger partial charge in [0.05, 0.1) is 6.33 Å². The predicted octanol–water partition coefficient (Wildman–Crippen LogP) is 4.76. The Morgan fingerprint density at radius 3 is 2.71 bits per heavy atom. The summed E-state index contributed by atoms with van der Waals surface area (Å²) in [5.74, 6) is 1.32. The van der Waals surface area contributed by atoms with Gasteiger partial charge in [-0.25, -0.2) is 9.78 Å². The van der Waals surface area contributed by atoms with Crippen LogP contribution in [0.15, 0.2) is 59.4 Å². The van der Waals surface area contributed by atoms with Gasteiger partial charge in [-0.3, -0.25) is 5.43 Å². The molecule has 2 aliphatic carbocycles. The zero-order valence-corrected chi connectivity index (χ0v) is 18.9. The molecule has 1 aromatic carbocycles. The van der Waals surface area contributed by atoms with E-state index in [9.17, 15) is 4.79 Å². The number of carbonyl (C=O) groups excluding carboxylic acids is 1. The number of thioether (sulfide) groups is 1. The van der Waals surface area contributed by atoms with E-state index < -0.39 is 6.09 Å². The number of rotatable bonds is 6. The van der Waals surface area contributed by atoms with Crippen molar-refractivity contribution in [3.05, 3.63) is 60.0 Å². The number of cyclic esters (lactones) is 1. The van der Waals surface area contributed by atoms with E-state index in [4.69, 9.17) is 9.72 Å². The van der Waals surface area contributed by atoms with Crippen LogP contribution in [-0.2, 0) is 11.8 Å². The maximum atomic E-state index is 11.2. The van der Waals surface area contributed by atoms with Gasteiger partial charge in [0, 0.05) is 23.8 Å². The third kappa shape index (κ3) is 4.16. The Balaban J connectivity index is 1.27. The van der Waals surface area contributed by atoms with E-state index in [1.54, 1.807) is 0 Å². The van der Waals surface area contributed by atoms with Gasteiger partial charge in [-0.15, -0.1) is 0 Å². The van der Waals surface area contributed by atoms with E-state index in [1.807, 2.05) is 18.1 Å². The van der Waals surface area contributed by atoms with E-state index in [0.717, 1.165) is 24.1 Å². The number of nitrogens with one attached hydrogen (secondary N) is 2. The molecule has 162 valence electrons. The molecule has 1 amide bonds. The molecular weight excluding hydrogens is 408 g/mol. The van der Waals surface area contributed by atoms with Crippen LogP contribution in [0.4, 0.5) is 4.79 Å². The van der Waals surface area contributed by atoms with Crippen LogP contribution in [0.25, 0.3) is 11.3 Å². The Kier molecular flexibility index (Phi) is 5.40. The van der Waals surface area contributed by atoms with Crippen molar-refractivity contribution in [1.82, 2.24) is 20.4 Å². The summed E-state index contributed by atoms with van der Waals surface area (Å²) in [5.41, 5.74) is 10.3. The smallest absolute Gasteiger partial charge is 0.423 e. The number of hydrazine groups is 1. The minimum Gasteiger partial charge on any atom is -0.427 e. The minimum atomic E-state index is -0.394. The molecule has 3 aliphatic rings. The van der Waals surface area contributed by atoms with Crippen molar-refractivity contribution in [2.24, 2.45) is 18.9 Å². The third-order valence-electron chi connectivity index (χ3n) is 6.29. The van der Waals surface area contributed by atoms with Gasteiger partial charge in [0.15, 0.2) is 6.23 Å². The number of amides is 1. The van der Waals surface area contributed by atoms with Gasteiger partial charge in [-0.05, 0) is 35.8 Å². The van der Waals surface area contributed by atoms with Crippen LogP contribution < -0.4 is 10.9 Å². The number of aryl methyl sites for hydroxylation is 1. The van der Waals surface area contributed by atoms with Crippen molar-refractivity contribution in [3.63, 3.8) is 0 Å². The van der Waals surface area contributed by atoms with Gasteiger partial charge in [-0.1, -0.05) is 68.1 Å². The second kappa shape index (κ2) is 8.20. The van der Waals surface area contributed by atoms with Crippen LogP contribution in [0.5, 0.6) is 0 Å². The Labute approximate surface area is 187 Å². The maximum absolute atomic E-state index is 11.2. The van der Waals surface area contributed by atoms with Crippen molar-refractivity contribution < 1.29 is 9.53 Å². The van der Waals surface area contributed by atoms with Gasteiger partial charge in [0.1, 0.15) is 10.7 Å². The molecule has 0 spiro atoms. The van der Waals surface area contributed by atoms with Crippen LogP contribution >= 0.6 is 11.8 Å². The Bertz CT molecular complexity index is 1040. The summed E-state index contributed by atoms with van der Waals surface area (Å²) >= 11 is 1.88. The van der Waals surface area contributed by atoms with Crippen molar-refractivity contribution >= 4 is 17.9 Å².